The van der Waals surface area contributed by atoms with Gasteiger partial charge in [-0.25, -0.2) is 4.79 Å². The Labute approximate surface area is 93.2 Å². The standard InChI is InChI=1S/C11H12ClNO2/c1-6-2-8(12)3-7-4-9(5-10(6)7)15-11(13)14/h2-3,9H,4-5H2,1H3,(H2,13,14). The first-order valence-corrected chi connectivity index (χ1v) is 5.18. The highest BCUT2D eigenvalue weighted by Gasteiger charge is 2.25. The lowest BCUT2D eigenvalue weighted by atomic mass is 10.1. The van der Waals surface area contributed by atoms with Crippen molar-refractivity contribution in [3.05, 3.63) is 33.8 Å². The van der Waals surface area contributed by atoms with Gasteiger partial charge in [0.15, 0.2) is 0 Å². The Kier molecular flexibility index (Phi) is 2.57. The van der Waals surface area contributed by atoms with E-state index in [9.17, 15) is 4.79 Å². The molecule has 1 atom stereocenters. The van der Waals surface area contributed by atoms with Crippen LogP contribution in [-0.4, -0.2) is 12.2 Å². The number of ether oxygens (including phenoxy) is 1. The molecule has 4 heteroatoms. The SMILES string of the molecule is Cc1cc(Cl)cc2c1CC(OC(N)=O)C2. The number of carbonyl (C=O) groups excluding carboxylic acids is 1. The number of hydrogen-bond acceptors (Lipinski definition) is 2. The molecular weight excluding hydrogens is 214 g/mol. The third-order valence-corrected chi connectivity index (χ3v) is 2.91. The Morgan fingerprint density at radius 3 is 2.93 bits per heavy atom. The highest BCUT2D eigenvalue weighted by Crippen LogP contribution is 2.29. The number of hydrogen-bond donors (Lipinski definition) is 1. The van der Waals surface area contributed by atoms with Crippen LogP contribution in [0.25, 0.3) is 0 Å². The molecule has 1 aromatic carbocycles. The zero-order chi connectivity index (χ0) is 11.0. The number of nitrogens with two attached hydrogens (primary N) is 1. The summed E-state index contributed by atoms with van der Waals surface area (Å²) in [5.41, 5.74) is 8.52. The molecule has 3 nitrogen and oxygen atoms in total. The lowest BCUT2D eigenvalue weighted by molar-refractivity contribution is 0.112. The van der Waals surface area contributed by atoms with E-state index in [1.54, 1.807) is 0 Å². The van der Waals surface area contributed by atoms with Gasteiger partial charge >= 0.3 is 6.09 Å². The molecule has 0 aromatic heterocycles. The summed E-state index contributed by atoms with van der Waals surface area (Å²) in [6.07, 6.45) is 0.604. The molecule has 0 aliphatic heterocycles. The van der Waals surface area contributed by atoms with Crippen molar-refractivity contribution in [2.75, 3.05) is 0 Å². The Bertz CT molecular complexity index is 417. The summed E-state index contributed by atoms with van der Waals surface area (Å²) in [7, 11) is 0. The first-order chi connectivity index (χ1) is 7.06. The molecule has 0 fully saturated rings. The molecule has 15 heavy (non-hydrogen) atoms. The van der Waals surface area contributed by atoms with Gasteiger partial charge in [-0.2, -0.15) is 0 Å². The topological polar surface area (TPSA) is 52.3 Å². The lowest BCUT2D eigenvalue weighted by Crippen LogP contribution is -2.22. The highest BCUT2D eigenvalue weighted by molar-refractivity contribution is 6.30. The van der Waals surface area contributed by atoms with Crippen LogP contribution in [0.3, 0.4) is 0 Å². The number of rotatable bonds is 1. The van der Waals surface area contributed by atoms with Crippen LogP contribution in [0.5, 0.6) is 0 Å². The molecule has 0 spiro atoms. The molecule has 1 unspecified atom stereocenters. The maximum Gasteiger partial charge on any atom is 0.404 e. The van der Waals surface area contributed by atoms with Crippen molar-refractivity contribution in [1.29, 1.82) is 0 Å². The fourth-order valence-electron chi connectivity index (χ4n) is 2.11. The fourth-order valence-corrected chi connectivity index (χ4v) is 2.40. The second-order valence-electron chi connectivity index (χ2n) is 3.83. The number of amides is 1. The minimum Gasteiger partial charge on any atom is -0.446 e. The predicted molar refractivity (Wildman–Crippen MR) is 58.1 cm³/mol. The molecule has 0 saturated carbocycles. The van der Waals surface area contributed by atoms with E-state index in [0.717, 1.165) is 22.6 Å². The van der Waals surface area contributed by atoms with Gasteiger partial charge in [0.25, 0.3) is 0 Å². The number of primary amides is 1. The van der Waals surface area contributed by atoms with Crippen molar-refractivity contribution in [1.82, 2.24) is 0 Å². The van der Waals surface area contributed by atoms with Crippen molar-refractivity contribution < 1.29 is 9.53 Å². The highest BCUT2D eigenvalue weighted by atomic mass is 35.5. The zero-order valence-corrected chi connectivity index (χ0v) is 9.17. The molecule has 0 radical (unpaired) electrons. The molecule has 2 rings (SSSR count). The average molecular weight is 226 g/mol. The first-order valence-electron chi connectivity index (χ1n) is 4.80. The molecule has 0 saturated heterocycles. The van der Waals surface area contributed by atoms with Crippen molar-refractivity contribution in [3.63, 3.8) is 0 Å². The van der Waals surface area contributed by atoms with E-state index in [4.69, 9.17) is 22.1 Å². The van der Waals surface area contributed by atoms with Gasteiger partial charge in [0.1, 0.15) is 6.10 Å². The second kappa shape index (κ2) is 3.74. The molecule has 80 valence electrons. The Balaban J connectivity index is 2.23. The maximum absolute atomic E-state index is 10.6. The monoisotopic (exact) mass is 225 g/mol. The van der Waals surface area contributed by atoms with E-state index in [2.05, 4.69) is 0 Å². The van der Waals surface area contributed by atoms with Crippen LogP contribution in [-0.2, 0) is 17.6 Å². The van der Waals surface area contributed by atoms with Gasteiger partial charge in [-0.1, -0.05) is 11.6 Å². The van der Waals surface area contributed by atoms with Crippen LogP contribution < -0.4 is 5.73 Å². The minimum absolute atomic E-state index is 0.130. The molecule has 0 heterocycles. The summed E-state index contributed by atoms with van der Waals surface area (Å²) in [6.45, 7) is 2.01. The van der Waals surface area contributed by atoms with Gasteiger partial charge in [-0.3, -0.25) is 0 Å². The van der Waals surface area contributed by atoms with Crippen LogP contribution >= 0.6 is 11.6 Å². The first kappa shape index (κ1) is 10.3. The molecular formula is C11H12ClNO2. The van der Waals surface area contributed by atoms with Crippen LogP contribution in [0.15, 0.2) is 12.1 Å². The van der Waals surface area contributed by atoms with Crippen LogP contribution in [0, 0.1) is 6.92 Å². The molecule has 1 aliphatic carbocycles. The summed E-state index contributed by atoms with van der Waals surface area (Å²) >= 11 is 5.95. The van der Waals surface area contributed by atoms with E-state index < -0.39 is 6.09 Å². The number of aryl methyl sites for hydroxylation is 1. The van der Waals surface area contributed by atoms with Crippen molar-refractivity contribution >= 4 is 17.7 Å². The average Bonchev–Trinajstić information content (AvgIpc) is 2.45. The number of fused-ring (bicyclic) bond motifs is 1. The van der Waals surface area contributed by atoms with Gasteiger partial charge in [0.05, 0.1) is 0 Å². The van der Waals surface area contributed by atoms with Crippen molar-refractivity contribution in [2.24, 2.45) is 5.73 Å². The fraction of sp³-hybridized carbons (Fsp3) is 0.364. The molecule has 0 bridgehead atoms. The lowest BCUT2D eigenvalue weighted by Gasteiger charge is -2.07. The third-order valence-electron chi connectivity index (χ3n) is 2.69. The van der Waals surface area contributed by atoms with E-state index >= 15 is 0 Å². The Morgan fingerprint density at radius 2 is 2.27 bits per heavy atom. The van der Waals surface area contributed by atoms with E-state index in [1.165, 1.54) is 5.56 Å². The maximum atomic E-state index is 10.6. The molecule has 1 aromatic rings. The van der Waals surface area contributed by atoms with E-state index in [1.807, 2.05) is 19.1 Å². The largest absolute Gasteiger partial charge is 0.446 e. The van der Waals surface area contributed by atoms with Gasteiger partial charge < -0.3 is 10.5 Å². The summed E-state index contributed by atoms with van der Waals surface area (Å²) in [5, 5.41) is 0.728. The van der Waals surface area contributed by atoms with E-state index in [-0.39, 0.29) is 6.10 Å². The van der Waals surface area contributed by atoms with Crippen LogP contribution in [0.4, 0.5) is 4.79 Å². The Hall–Kier alpha value is -1.22. The van der Waals surface area contributed by atoms with Crippen LogP contribution in [0.2, 0.25) is 5.02 Å². The molecule has 1 amide bonds. The quantitative estimate of drug-likeness (QED) is 0.797. The minimum atomic E-state index is -0.712. The zero-order valence-electron chi connectivity index (χ0n) is 8.42. The number of benzene rings is 1. The molecule has 2 N–H and O–H groups in total. The summed E-state index contributed by atoms with van der Waals surface area (Å²) in [4.78, 5) is 10.6. The number of halogens is 1. The van der Waals surface area contributed by atoms with Gasteiger partial charge in [-0.15, -0.1) is 0 Å². The second-order valence-corrected chi connectivity index (χ2v) is 4.26. The summed E-state index contributed by atoms with van der Waals surface area (Å²) < 4.78 is 4.98. The summed E-state index contributed by atoms with van der Waals surface area (Å²) in [5.74, 6) is 0. The smallest absolute Gasteiger partial charge is 0.404 e. The van der Waals surface area contributed by atoms with Crippen molar-refractivity contribution in [3.8, 4) is 0 Å². The summed E-state index contributed by atoms with van der Waals surface area (Å²) in [6, 6.07) is 3.85. The third kappa shape index (κ3) is 2.07. The van der Waals surface area contributed by atoms with Gasteiger partial charge in [0, 0.05) is 17.9 Å². The normalized spacial score (nSPS) is 18.7. The van der Waals surface area contributed by atoms with Crippen LogP contribution in [0.1, 0.15) is 16.7 Å². The van der Waals surface area contributed by atoms with Gasteiger partial charge in [-0.05, 0) is 35.7 Å². The number of carbonyl (C=O) groups is 1. The van der Waals surface area contributed by atoms with Gasteiger partial charge in [0.2, 0.25) is 0 Å². The van der Waals surface area contributed by atoms with E-state index in [0.29, 0.717) is 6.42 Å². The predicted octanol–water partition coefficient (Wildman–Crippen LogP) is 2.21. The van der Waals surface area contributed by atoms with Crippen molar-refractivity contribution in [2.45, 2.75) is 25.9 Å². The molecule has 1 aliphatic rings. The Morgan fingerprint density at radius 1 is 1.53 bits per heavy atom.